The molecule has 1 atom stereocenters. The number of likely N-dealkylation sites (tertiary alicyclic amines) is 2. The van der Waals surface area contributed by atoms with Crippen LogP contribution in [0, 0.1) is 16.7 Å². The number of carbonyl (C=O) groups is 1. The Bertz CT molecular complexity index is 953. The van der Waals surface area contributed by atoms with E-state index in [1.54, 1.807) is 12.3 Å². The van der Waals surface area contributed by atoms with Crippen molar-refractivity contribution in [1.29, 1.82) is 0 Å². The van der Waals surface area contributed by atoms with E-state index in [1.165, 1.54) is 0 Å². The lowest BCUT2D eigenvalue weighted by molar-refractivity contribution is -0.138. The molecule has 33 heavy (non-hydrogen) atoms. The van der Waals surface area contributed by atoms with Crippen LogP contribution < -0.4 is 11.5 Å². The number of amides is 1. The van der Waals surface area contributed by atoms with Gasteiger partial charge in [-0.3, -0.25) is 9.69 Å². The minimum atomic E-state index is -0.331. The fourth-order valence-corrected chi connectivity index (χ4v) is 5.07. The van der Waals surface area contributed by atoms with Gasteiger partial charge in [-0.15, -0.1) is 0 Å². The van der Waals surface area contributed by atoms with Crippen LogP contribution in [0.3, 0.4) is 0 Å². The summed E-state index contributed by atoms with van der Waals surface area (Å²) in [5, 5.41) is 3.39. The second-order valence-electron chi connectivity index (χ2n) is 9.23. The number of hydrogen-bond donors (Lipinski definition) is 2. The summed E-state index contributed by atoms with van der Waals surface area (Å²) < 4.78 is 0. The fourth-order valence-electron chi connectivity index (χ4n) is 5.07. The number of hydrogen-bond acceptors (Lipinski definition) is 8. The van der Waals surface area contributed by atoms with Crippen LogP contribution in [0.1, 0.15) is 36.9 Å². The van der Waals surface area contributed by atoms with E-state index in [1.807, 2.05) is 29.2 Å². The Hall–Kier alpha value is -3.07. The smallest absolute Gasteiger partial charge is 0.225 e. The number of nitrogens with zero attached hydrogens (tertiary/aromatic N) is 5. The lowest BCUT2D eigenvalue weighted by Gasteiger charge is -2.38. The van der Waals surface area contributed by atoms with Gasteiger partial charge in [0.15, 0.2) is 0 Å². The predicted octanol–water partition coefficient (Wildman–Crippen LogP) is 2.47. The summed E-state index contributed by atoms with van der Waals surface area (Å²) in [4.78, 5) is 37.3. The first kappa shape index (κ1) is 23.1. The first-order chi connectivity index (χ1) is 16.0. The van der Waals surface area contributed by atoms with E-state index >= 15 is 0 Å². The van der Waals surface area contributed by atoms with E-state index < -0.39 is 0 Å². The van der Waals surface area contributed by atoms with E-state index in [-0.39, 0.29) is 23.8 Å². The summed E-state index contributed by atoms with van der Waals surface area (Å²) in [5.74, 6) is 1.50. The molecule has 2 saturated heterocycles. The van der Waals surface area contributed by atoms with Crippen molar-refractivity contribution < 1.29 is 4.79 Å². The first-order valence-electron chi connectivity index (χ1n) is 11.8. The molecule has 0 aromatic carbocycles. The highest BCUT2D eigenvalue weighted by Gasteiger charge is 2.33. The van der Waals surface area contributed by atoms with Gasteiger partial charge in [0, 0.05) is 43.9 Å². The summed E-state index contributed by atoms with van der Waals surface area (Å²) in [6.07, 6.45) is 5.58. The number of aromatic nitrogens is 2. The van der Waals surface area contributed by atoms with Crippen molar-refractivity contribution in [3.63, 3.8) is 0 Å². The van der Waals surface area contributed by atoms with Gasteiger partial charge in [-0.1, -0.05) is 11.2 Å². The summed E-state index contributed by atoms with van der Waals surface area (Å²) in [6, 6.07) is 9.02. The Balaban J connectivity index is 1.23. The Morgan fingerprint density at radius 2 is 1.82 bits per heavy atom. The molecule has 9 nitrogen and oxygen atoms in total. The van der Waals surface area contributed by atoms with Crippen LogP contribution in [0.15, 0.2) is 41.7 Å². The van der Waals surface area contributed by atoms with Crippen molar-refractivity contribution in [2.24, 2.45) is 17.0 Å². The fraction of sp³-hybridized carbons (Fsp3) is 0.542. The van der Waals surface area contributed by atoms with Crippen LogP contribution in [-0.4, -0.2) is 57.9 Å². The van der Waals surface area contributed by atoms with Crippen LogP contribution in [0.4, 0.5) is 11.6 Å². The average Bonchev–Trinajstić information content (AvgIpc) is 2.83. The molecule has 0 bridgehead atoms. The molecule has 0 saturated carbocycles. The van der Waals surface area contributed by atoms with Crippen LogP contribution in [-0.2, 0) is 17.8 Å². The maximum absolute atomic E-state index is 13.1. The number of pyridine rings is 2. The molecule has 1 amide bonds. The van der Waals surface area contributed by atoms with Gasteiger partial charge < -0.3 is 16.4 Å². The largest absolute Gasteiger partial charge is 0.384 e. The van der Waals surface area contributed by atoms with Gasteiger partial charge in [0.2, 0.25) is 5.91 Å². The molecule has 2 aromatic heterocycles. The van der Waals surface area contributed by atoms with Crippen LogP contribution in [0.25, 0.3) is 0 Å². The Morgan fingerprint density at radius 1 is 1.06 bits per heavy atom. The topological polar surface area (TPSA) is 131 Å². The van der Waals surface area contributed by atoms with E-state index in [4.69, 9.17) is 11.5 Å². The SMILES string of the molecule is Nc1cc(CN2CCC(C(=O)N3CCC(C(Cc4cccc(N)n4)N=O)CC3)CC2)ccn1. The molecule has 2 aliphatic heterocycles. The first-order valence-corrected chi connectivity index (χ1v) is 11.8. The lowest BCUT2D eigenvalue weighted by Crippen LogP contribution is -2.46. The number of rotatable bonds is 7. The Morgan fingerprint density at radius 3 is 2.48 bits per heavy atom. The third-order valence-corrected chi connectivity index (χ3v) is 6.97. The van der Waals surface area contributed by atoms with Crippen LogP contribution >= 0.6 is 0 Å². The van der Waals surface area contributed by atoms with Crippen LogP contribution in [0.5, 0.6) is 0 Å². The minimum Gasteiger partial charge on any atom is -0.384 e. The maximum Gasteiger partial charge on any atom is 0.225 e. The Kier molecular flexibility index (Phi) is 7.49. The molecule has 2 aliphatic rings. The van der Waals surface area contributed by atoms with E-state index in [2.05, 4.69) is 20.0 Å². The quantitative estimate of drug-likeness (QED) is 0.618. The molecule has 4 N–H and O–H groups in total. The number of nitrogen functional groups attached to an aromatic ring is 2. The maximum atomic E-state index is 13.1. The van der Waals surface area contributed by atoms with Crippen molar-refractivity contribution >= 4 is 17.5 Å². The second kappa shape index (κ2) is 10.7. The molecular formula is C24H33N7O2. The monoisotopic (exact) mass is 451 g/mol. The molecular weight excluding hydrogens is 418 g/mol. The molecule has 0 spiro atoms. The van der Waals surface area contributed by atoms with Gasteiger partial charge in [0.25, 0.3) is 0 Å². The standard InChI is InChI=1S/C24H33N7O2/c25-22-3-1-2-20(28-22)15-21(29-33)18-7-12-31(13-8-18)24(32)19-5-10-30(11-6-19)16-17-4-9-27-23(26)14-17/h1-4,9,14,18-19,21H,5-8,10-13,15-16H2,(H2,25,28)(H2,26,27). The van der Waals surface area contributed by atoms with E-state index in [9.17, 15) is 9.70 Å². The number of anilines is 2. The van der Waals surface area contributed by atoms with Gasteiger partial charge in [-0.25, -0.2) is 9.97 Å². The highest BCUT2D eigenvalue weighted by molar-refractivity contribution is 5.79. The zero-order valence-electron chi connectivity index (χ0n) is 19.0. The average molecular weight is 452 g/mol. The van der Waals surface area contributed by atoms with Gasteiger partial charge in [-0.2, -0.15) is 4.91 Å². The molecule has 1 unspecified atom stereocenters. The molecule has 4 rings (SSSR count). The highest BCUT2D eigenvalue weighted by Crippen LogP contribution is 2.28. The molecule has 2 aromatic rings. The van der Waals surface area contributed by atoms with Gasteiger partial charge in [-0.05, 0) is 74.5 Å². The molecule has 9 heteroatoms. The van der Waals surface area contributed by atoms with E-state index in [0.717, 1.165) is 56.6 Å². The van der Waals surface area contributed by atoms with Crippen molar-refractivity contribution in [1.82, 2.24) is 19.8 Å². The number of piperidine rings is 2. The predicted molar refractivity (Wildman–Crippen MR) is 128 cm³/mol. The minimum absolute atomic E-state index is 0.0804. The highest BCUT2D eigenvalue weighted by atomic mass is 16.3. The molecule has 176 valence electrons. The number of nitrogens with two attached hydrogens (primary N) is 2. The van der Waals surface area contributed by atoms with Gasteiger partial charge in [0.05, 0.1) is 0 Å². The number of carbonyl (C=O) groups excluding carboxylic acids is 1. The van der Waals surface area contributed by atoms with Crippen molar-refractivity contribution in [3.05, 3.63) is 52.7 Å². The molecule has 0 aliphatic carbocycles. The Labute approximate surface area is 194 Å². The molecule has 2 fully saturated rings. The van der Waals surface area contributed by atoms with Gasteiger partial charge >= 0.3 is 0 Å². The van der Waals surface area contributed by atoms with Crippen molar-refractivity contribution in [3.8, 4) is 0 Å². The summed E-state index contributed by atoms with van der Waals surface area (Å²) in [5.41, 5.74) is 13.5. The zero-order valence-corrected chi connectivity index (χ0v) is 19.0. The summed E-state index contributed by atoms with van der Waals surface area (Å²) in [7, 11) is 0. The second-order valence-corrected chi connectivity index (χ2v) is 9.23. The van der Waals surface area contributed by atoms with Gasteiger partial charge in [0.1, 0.15) is 17.7 Å². The van der Waals surface area contributed by atoms with Crippen LogP contribution in [0.2, 0.25) is 0 Å². The van der Waals surface area contributed by atoms with E-state index in [0.29, 0.717) is 31.1 Å². The normalized spacial score (nSPS) is 19.3. The third kappa shape index (κ3) is 6.04. The lowest BCUT2D eigenvalue weighted by atomic mass is 9.86. The number of nitroso groups, excluding NO2 is 1. The molecule has 0 radical (unpaired) electrons. The summed E-state index contributed by atoms with van der Waals surface area (Å²) >= 11 is 0. The molecule has 4 heterocycles. The third-order valence-electron chi connectivity index (χ3n) is 6.97. The van der Waals surface area contributed by atoms with Crippen molar-refractivity contribution in [2.75, 3.05) is 37.6 Å². The summed E-state index contributed by atoms with van der Waals surface area (Å²) in [6.45, 7) is 4.02. The zero-order chi connectivity index (χ0) is 23.2. The van der Waals surface area contributed by atoms with Crippen molar-refractivity contribution in [2.45, 2.75) is 44.7 Å².